The van der Waals surface area contributed by atoms with Gasteiger partial charge in [-0.05, 0) is 29.3 Å². The molecule has 0 saturated carbocycles. The summed E-state index contributed by atoms with van der Waals surface area (Å²) in [5, 5.41) is 12.3. The Kier molecular flexibility index (Phi) is 3.14. The molecule has 0 spiro atoms. The molecule has 13 heavy (non-hydrogen) atoms. The Morgan fingerprint density at radius 3 is 2.92 bits per heavy atom. The highest BCUT2D eigenvalue weighted by molar-refractivity contribution is 5.49. The van der Waals surface area contributed by atoms with Crippen LogP contribution in [0.4, 0.5) is 5.69 Å². The normalized spacial score (nSPS) is 9.08. The first-order valence-corrected chi connectivity index (χ1v) is 3.64. The third-order valence-corrected chi connectivity index (χ3v) is 1.61. The van der Waals surface area contributed by atoms with Gasteiger partial charge in [-0.15, -0.1) is 0 Å². The van der Waals surface area contributed by atoms with Crippen LogP contribution in [0.15, 0.2) is 23.3 Å². The highest BCUT2D eigenvalue weighted by Gasteiger charge is 2.00. The van der Waals surface area contributed by atoms with Crippen LogP contribution in [0.5, 0.6) is 5.75 Å². The zero-order valence-electron chi connectivity index (χ0n) is 7.14. The molecule has 0 unspecified atom stereocenters. The smallest absolute Gasteiger partial charge is 0.119 e. The van der Waals surface area contributed by atoms with Crippen molar-refractivity contribution in [1.82, 2.24) is 0 Å². The summed E-state index contributed by atoms with van der Waals surface area (Å²) in [6.07, 6.45) is 0. The van der Waals surface area contributed by atoms with Crippen molar-refractivity contribution in [2.75, 3.05) is 7.11 Å². The van der Waals surface area contributed by atoms with Crippen molar-refractivity contribution in [3.63, 3.8) is 0 Å². The molecule has 1 aromatic rings. The molecule has 0 fully saturated rings. The third-order valence-electron chi connectivity index (χ3n) is 1.61. The van der Waals surface area contributed by atoms with Crippen molar-refractivity contribution in [2.24, 2.45) is 5.11 Å². The lowest BCUT2D eigenvalue weighted by atomic mass is 10.2. The van der Waals surface area contributed by atoms with E-state index in [2.05, 4.69) is 10.0 Å². The SMILES string of the molecule is COc1ccc(N=[N+]=[N-])c(CO)c1. The fourth-order valence-electron chi connectivity index (χ4n) is 0.961. The number of aliphatic hydroxyl groups excluding tert-OH is 1. The van der Waals surface area contributed by atoms with Crippen LogP contribution in [0.3, 0.4) is 0 Å². The molecular weight excluding hydrogens is 170 g/mol. The maximum Gasteiger partial charge on any atom is 0.119 e. The molecule has 68 valence electrons. The van der Waals surface area contributed by atoms with Crippen LogP contribution in [0.25, 0.3) is 10.4 Å². The minimum Gasteiger partial charge on any atom is -0.497 e. The summed E-state index contributed by atoms with van der Waals surface area (Å²) in [7, 11) is 1.53. The van der Waals surface area contributed by atoms with Crippen molar-refractivity contribution in [2.45, 2.75) is 6.61 Å². The van der Waals surface area contributed by atoms with Crippen molar-refractivity contribution in [3.8, 4) is 5.75 Å². The van der Waals surface area contributed by atoms with Crippen LogP contribution in [-0.4, -0.2) is 12.2 Å². The van der Waals surface area contributed by atoms with E-state index < -0.39 is 0 Å². The Hall–Kier alpha value is -1.71. The van der Waals surface area contributed by atoms with E-state index in [-0.39, 0.29) is 6.61 Å². The van der Waals surface area contributed by atoms with Gasteiger partial charge in [-0.25, -0.2) is 0 Å². The molecule has 1 rings (SSSR count). The molecule has 0 amide bonds. The van der Waals surface area contributed by atoms with Crippen molar-refractivity contribution in [3.05, 3.63) is 34.2 Å². The van der Waals surface area contributed by atoms with Gasteiger partial charge in [0.1, 0.15) is 5.75 Å². The third kappa shape index (κ3) is 2.11. The Morgan fingerprint density at radius 2 is 2.38 bits per heavy atom. The number of aliphatic hydroxyl groups is 1. The van der Waals surface area contributed by atoms with E-state index in [1.54, 1.807) is 18.2 Å². The van der Waals surface area contributed by atoms with E-state index in [0.717, 1.165) is 0 Å². The maximum atomic E-state index is 8.93. The van der Waals surface area contributed by atoms with Crippen molar-refractivity contribution in [1.29, 1.82) is 0 Å². The number of benzene rings is 1. The lowest BCUT2D eigenvalue weighted by Crippen LogP contribution is -1.87. The quantitative estimate of drug-likeness (QED) is 0.438. The number of hydrogen-bond donors (Lipinski definition) is 1. The van der Waals surface area contributed by atoms with Crippen LogP contribution in [0, 0.1) is 0 Å². The molecule has 0 atom stereocenters. The number of azide groups is 1. The molecular formula is C8H9N3O2. The van der Waals surface area contributed by atoms with Gasteiger partial charge in [-0.1, -0.05) is 5.11 Å². The number of methoxy groups -OCH3 is 1. The zero-order valence-corrected chi connectivity index (χ0v) is 7.14. The summed E-state index contributed by atoms with van der Waals surface area (Å²) in [5.41, 5.74) is 9.19. The molecule has 0 bridgehead atoms. The molecule has 5 heteroatoms. The van der Waals surface area contributed by atoms with Gasteiger partial charge in [0.2, 0.25) is 0 Å². The summed E-state index contributed by atoms with van der Waals surface area (Å²) in [6, 6.07) is 4.90. The van der Waals surface area contributed by atoms with Gasteiger partial charge >= 0.3 is 0 Å². The van der Waals surface area contributed by atoms with Gasteiger partial charge in [0.05, 0.1) is 13.7 Å². The molecule has 1 N–H and O–H groups in total. The summed E-state index contributed by atoms with van der Waals surface area (Å²) in [5.74, 6) is 0.626. The zero-order chi connectivity index (χ0) is 9.68. The molecule has 0 saturated heterocycles. The molecule has 5 nitrogen and oxygen atoms in total. The monoisotopic (exact) mass is 179 g/mol. The topological polar surface area (TPSA) is 78.2 Å². The Labute approximate surface area is 75.2 Å². The molecule has 0 radical (unpaired) electrons. The minimum absolute atomic E-state index is 0.175. The maximum absolute atomic E-state index is 8.93. The number of rotatable bonds is 3. The van der Waals surface area contributed by atoms with Crippen LogP contribution in [0.2, 0.25) is 0 Å². The minimum atomic E-state index is -0.175. The van der Waals surface area contributed by atoms with Gasteiger partial charge in [0.25, 0.3) is 0 Å². The first-order chi connectivity index (χ1) is 6.31. The van der Waals surface area contributed by atoms with Crippen molar-refractivity contribution < 1.29 is 9.84 Å². The van der Waals surface area contributed by atoms with E-state index in [4.69, 9.17) is 15.4 Å². The van der Waals surface area contributed by atoms with Gasteiger partial charge in [-0.3, -0.25) is 0 Å². The summed E-state index contributed by atoms with van der Waals surface area (Å²) in [4.78, 5) is 2.64. The molecule has 0 aliphatic rings. The summed E-state index contributed by atoms with van der Waals surface area (Å²) < 4.78 is 4.94. The van der Waals surface area contributed by atoms with Gasteiger partial charge < -0.3 is 9.84 Å². The van der Waals surface area contributed by atoms with Gasteiger partial charge in [-0.2, -0.15) is 0 Å². The van der Waals surface area contributed by atoms with E-state index in [1.807, 2.05) is 0 Å². The van der Waals surface area contributed by atoms with Gasteiger partial charge in [0, 0.05) is 10.6 Å². The van der Waals surface area contributed by atoms with E-state index >= 15 is 0 Å². The molecule has 0 aliphatic heterocycles. The van der Waals surface area contributed by atoms with Crippen LogP contribution in [-0.2, 0) is 6.61 Å². The molecule has 0 aliphatic carbocycles. The number of ether oxygens (including phenoxy) is 1. The summed E-state index contributed by atoms with van der Waals surface area (Å²) in [6.45, 7) is -0.175. The summed E-state index contributed by atoms with van der Waals surface area (Å²) >= 11 is 0. The molecule has 0 aromatic heterocycles. The second-order valence-corrected chi connectivity index (χ2v) is 2.34. The predicted molar refractivity (Wildman–Crippen MR) is 47.7 cm³/mol. The Morgan fingerprint density at radius 1 is 1.62 bits per heavy atom. The fourth-order valence-corrected chi connectivity index (χ4v) is 0.961. The number of nitrogens with zero attached hydrogens (tertiary/aromatic N) is 3. The van der Waals surface area contributed by atoms with E-state index in [1.165, 1.54) is 7.11 Å². The lowest BCUT2D eigenvalue weighted by molar-refractivity contribution is 0.281. The predicted octanol–water partition coefficient (Wildman–Crippen LogP) is 2.13. The number of hydrogen-bond acceptors (Lipinski definition) is 3. The standard InChI is InChI=1S/C8H9N3O2/c1-13-7-2-3-8(10-11-9)6(4-7)5-12/h2-4,12H,5H2,1H3. The van der Waals surface area contributed by atoms with Crippen LogP contribution < -0.4 is 4.74 Å². The lowest BCUT2D eigenvalue weighted by Gasteiger charge is -2.04. The first-order valence-electron chi connectivity index (χ1n) is 3.64. The van der Waals surface area contributed by atoms with Crippen molar-refractivity contribution >= 4 is 5.69 Å². The van der Waals surface area contributed by atoms with Gasteiger partial charge in [0.15, 0.2) is 0 Å². The van der Waals surface area contributed by atoms with E-state index in [9.17, 15) is 0 Å². The molecule has 0 heterocycles. The molecule has 1 aromatic carbocycles. The Bertz CT molecular complexity index is 345. The highest BCUT2D eigenvalue weighted by atomic mass is 16.5. The van der Waals surface area contributed by atoms with E-state index in [0.29, 0.717) is 17.0 Å². The van der Waals surface area contributed by atoms with Crippen LogP contribution >= 0.6 is 0 Å². The fraction of sp³-hybridized carbons (Fsp3) is 0.250. The van der Waals surface area contributed by atoms with Crippen LogP contribution in [0.1, 0.15) is 5.56 Å². The average Bonchev–Trinajstić information content (AvgIpc) is 2.19. The average molecular weight is 179 g/mol. The Balaban J connectivity index is 3.15. The second-order valence-electron chi connectivity index (χ2n) is 2.34. The highest BCUT2D eigenvalue weighted by Crippen LogP contribution is 2.24. The largest absolute Gasteiger partial charge is 0.497 e. The second kappa shape index (κ2) is 4.35. The first kappa shape index (κ1) is 9.38.